The predicted molar refractivity (Wildman–Crippen MR) is 86.7 cm³/mol. The second-order valence-corrected chi connectivity index (χ2v) is 9.52. The van der Waals surface area contributed by atoms with Gasteiger partial charge >= 0.3 is 11.9 Å². The third-order valence-electron chi connectivity index (χ3n) is 7.25. The summed E-state index contributed by atoms with van der Waals surface area (Å²) in [6.07, 6.45) is -2.02. The van der Waals surface area contributed by atoms with Crippen LogP contribution in [0.5, 0.6) is 0 Å². The molecule has 26 heavy (non-hydrogen) atoms. The first-order chi connectivity index (χ1) is 11.9. The lowest BCUT2D eigenvalue weighted by atomic mass is 9.46. The summed E-state index contributed by atoms with van der Waals surface area (Å²) >= 11 is 0. The van der Waals surface area contributed by atoms with Crippen LogP contribution in [0.4, 0.5) is 0 Å². The van der Waals surface area contributed by atoms with Crippen molar-refractivity contribution in [2.75, 3.05) is 0 Å². The lowest BCUT2D eigenvalue weighted by molar-refractivity contribution is -0.225. The Labute approximate surface area is 151 Å². The Morgan fingerprint density at radius 2 is 1.88 bits per heavy atom. The smallest absolute Gasteiger partial charge is 0.311 e. The van der Waals surface area contributed by atoms with Gasteiger partial charge in [0.2, 0.25) is 0 Å². The molecule has 1 heterocycles. The lowest BCUT2D eigenvalue weighted by Gasteiger charge is -2.58. The molecule has 4 rings (SSSR count). The molecule has 3 aliphatic carbocycles. The van der Waals surface area contributed by atoms with Gasteiger partial charge in [-0.25, -0.2) is 0 Å². The van der Waals surface area contributed by atoms with E-state index in [1.807, 2.05) is 0 Å². The van der Waals surface area contributed by atoms with Crippen LogP contribution >= 0.6 is 0 Å². The molecule has 142 valence electrons. The SMILES string of the molecule is CC(C)(C)C(=O)O[C@H]1C(=O)C[C@@]2(O)CC3C(=O)O[C@@H]4C(=O)CC[C@]2(C)[C@]341. The fraction of sp³-hybridized carbons (Fsp3) is 0.789. The average Bonchev–Trinajstić information content (AvgIpc) is 2.87. The van der Waals surface area contributed by atoms with Crippen LogP contribution in [0.15, 0.2) is 0 Å². The molecule has 0 aromatic heterocycles. The first-order valence-electron chi connectivity index (χ1n) is 9.08. The summed E-state index contributed by atoms with van der Waals surface area (Å²) in [7, 11) is 0. The van der Waals surface area contributed by atoms with Gasteiger partial charge in [0.05, 0.1) is 22.3 Å². The molecule has 3 saturated carbocycles. The summed E-state index contributed by atoms with van der Waals surface area (Å²) in [4.78, 5) is 50.7. The van der Waals surface area contributed by atoms with Crippen molar-refractivity contribution >= 4 is 23.5 Å². The van der Waals surface area contributed by atoms with Crippen molar-refractivity contribution in [2.24, 2.45) is 22.2 Å². The van der Waals surface area contributed by atoms with Crippen molar-refractivity contribution in [3.05, 3.63) is 0 Å². The summed E-state index contributed by atoms with van der Waals surface area (Å²) in [5, 5.41) is 11.3. The van der Waals surface area contributed by atoms with Gasteiger partial charge in [0.15, 0.2) is 23.8 Å². The van der Waals surface area contributed by atoms with Crippen molar-refractivity contribution in [2.45, 2.75) is 71.2 Å². The molecule has 4 fully saturated rings. The van der Waals surface area contributed by atoms with Crippen LogP contribution in [0.1, 0.15) is 53.4 Å². The molecule has 1 N–H and O–H groups in total. The molecule has 4 aliphatic rings. The van der Waals surface area contributed by atoms with Crippen molar-refractivity contribution < 1.29 is 33.8 Å². The van der Waals surface area contributed by atoms with Gasteiger partial charge in [-0.3, -0.25) is 19.2 Å². The number of hydrogen-bond acceptors (Lipinski definition) is 7. The van der Waals surface area contributed by atoms with E-state index in [4.69, 9.17) is 9.47 Å². The molecule has 7 nitrogen and oxygen atoms in total. The zero-order valence-electron chi connectivity index (χ0n) is 15.5. The Bertz CT molecular complexity index is 749. The first-order valence-corrected chi connectivity index (χ1v) is 9.08. The minimum Gasteiger partial charge on any atom is -0.453 e. The second-order valence-electron chi connectivity index (χ2n) is 9.52. The van der Waals surface area contributed by atoms with E-state index >= 15 is 0 Å². The van der Waals surface area contributed by atoms with Crippen molar-refractivity contribution in [3.8, 4) is 0 Å². The monoisotopic (exact) mass is 364 g/mol. The van der Waals surface area contributed by atoms with E-state index in [0.29, 0.717) is 6.42 Å². The number of esters is 2. The Morgan fingerprint density at radius 1 is 1.23 bits per heavy atom. The molecule has 1 spiro atoms. The third-order valence-corrected chi connectivity index (χ3v) is 7.25. The number of ketones is 2. The highest BCUT2D eigenvalue weighted by molar-refractivity contribution is 5.99. The Kier molecular flexibility index (Phi) is 3.22. The maximum Gasteiger partial charge on any atom is 0.311 e. The molecule has 2 bridgehead atoms. The third kappa shape index (κ3) is 1.73. The highest BCUT2D eigenvalue weighted by Crippen LogP contribution is 2.74. The van der Waals surface area contributed by atoms with Gasteiger partial charge in [0.1, 0.15) is 0 Å². The van der Waals surface area contributed by atoms with E-state index in [0.717, 1.165) is 0 Å². The maximum absolute atomic E-state index is 12.9. The number of carbonyl (C=O) groups excluding carboxylic acids is 4. The molecule has 0 amide bonds. The van der Waals surface area contributed by atoms with Crippen molar-refractivity contribution in [3.63, 3.8) is 0 Å². The second kappa shape index (κ2) is 4.74. The molecule has 0 radical (unpaired) electrons. The number of ether oxygens (including phenoxy) is 2. The maximum atomic E-state index is 12.9. The summed E-state index contributed by atoms with van der Waals surface area (Å²) < 4.78 is 11.1. The lowest BCUT2D eigenvalue weighted by Crippen LogP contribution is -2.70. The molecular weight excluding hydrogens is 340 g/mol. The topological polar surface area (TPSA) is 107 Å². The molecule has 1 unspecified atom stereocenters. The standard InChI is InChI=1S/C19H24O7/c1-16(2,3)15(23)26-13-11(21)8-18(24)7-9-14(22)25-12-10(20)5-6-17(18,4)19(9,12)13/h9,12-13,24H,5-8H2,1-4H3/t9?,12-,13+,17+,18+,19-/m1/s1. The van der Waals surface area contributed by atoms with Gasteiger partial charge in [-0.15, -0.1) is 0 Å². The van der Waals surface area contributed by atoms with Gasteiger partial charge in [-0.2, -0.15) is 0 Å². The summed E-state index contributed by atoms with van der Waals surface area (Å²) in [6, 6.07) is 0. The minimum absolute atomic E-state index is 0.0570. The summed E-state index contributed by atoms with van der Waals surface area (Å²) in [5.74, 6) is -2.69. The zero-order valence-corrected chi connectivity index (χ0v) is 15.5. The number of carbonyl (C=O) groups is 4. The van der Waals surface area contributed by atoms with E-state index < -0.39 is 57.7 Å². The Morgan fingerprint density at radius 3 is 2.50 bits per heavy atom. The molecule has 1 aliphatic heterocycles. The molecular formula is C19H24O7. The average molecular weight is 364 g/mol. The molecule has 0 aromatic rings. The first kappa shape index (κ1) is 17.6. The minimum atomic E-state index is -1.39. The van der Waals surface area contributed by atoms with E-state index in [9.17, 15) is 24.3 Å². The highest BCUT2D eigenvalue weighted by atomic mass is 16.6. The van der Waals surface area contributed by atoms with Gasteiger partial charge < -0.3 is 14.6 Å². The normalized spacial score (nSPS) is 46.8. The van der Waals surface area contributed by atoms with Crippen LogP contribution in [0.3, 0.4) is 0 Å². The van der Waals surface area contributed by atoms with Gasteiger partial charge in [-0.1, -0.05) is 6.92 Å². The van der Waals surface area contributed by atoms with E-state index in [1.54, 1.807) is 27.7 Å². The number of rotatable bonds is 1. The van der Waals surface area contributed by atoms with Crippen molar-refractivity contribution in [1.29, 1.82) is 0 Å². The quantitative estimate of drug-likeness (QED) is 0.690. The van der Waals surface area contributed by atoms with Crippen LogP contribution in [0, 0.1) is 22.2 Å². The van der Waals surface area contributed by atoms with Crippen LogP contribution in [-0.2, 0) is 28.7 Å². The number of Topliss-reactive ketones (excluding diaryl/α,β-unsaturated/α-hetero) is 2. The number of hydrogen-bond donors (Lipinski definition) is 1. The van der Waals surface area contributed by atoms with Crippen LogP contribution in [0.25, 0.3) is 0 Å². The van der Waals surface area contributed by atoms with Crippen LogP contribution < -0.4 is 0 Å². The fourth-order valence-electron chi connectivity index (χ4n) is 5.82. The molecule has 0 aromatic carbocycles. The number of aliphatic hydroxyl groups is 1. The van der Waals surface area contributed by atoms with E-state index in [-0.39, 0.29) is 25.0 Å². The zero-order chi connectivity index (χ0) is 19.3. The molecule has 7 heteroatoms. The van der Waals surface area contributed by atoms with Gasteiger partial charge in [0.25, 0.3) is 0 Å². The Hall–Kier alpha value is -1.76. The van der Waals surface area contributed by atoms with Crippen LogP contribution in [-0.4, -0.2) is 46.4 Å². The predicted octanol–water partition coefficient (Wildman–Crippen LogP) is 0.949. The molecule has 1 saturated heterocycles. The van der Waals surface area contributed by atoms with Gasteiger partial charge in [0, 0.05) is 18.3 Å². The summed E-state index contributed by atoms with van der Waals surface area (Å²) in [6.45, 7) is 6.82. The molecule has 6 atom stereocenters. The van der Waals surface area contributed by atoms with Gasteiger partial charge in [-0.05, 0) is 33.6 Å². The summed E-state index contributed by atoms with van der Waals surface area (Å²) in [5.41, 5.74) is -4.46. The Balaban J connectivity index is 1.91. The van der Waals surface area contributed by atoms with E-state index in [1.165, 1.54) is 0 Å². The van der Waals surface area contributed by atoms with Crippen LogP contribution in [0.2, 0.25) is 0 Å². The largest absolute Gasteiger partial charge is 0.453 e. The van der Waals surface area contributed by atoms with E-state index in [2.05, 4.69) is 0 Å². The highest BCUT2D eigenvalue weighted by Gasteiger charge is 2.85. The fourth-order valence-corrected chi connectivity index (χ4v) is 5.82. The van der Waals surface area contributed by atoms with Crippen molar-refractivity contribution in [1.82, 2.24) is 0 Å².